The first-order valence-corrected chi connectivity index (χ1v) is 7.51. The monoisotopic (exact) mass is 334 g/mol. The maximum absolute atomic E-state index is 12.0. The lowest BCUT2D eigenvalue weighted by molar-refractivity contribution is 0.0955. The van der Waals surface area contributed by atoms with Crippen molar-refractivity contribution in [1.82, 2.24) is 5.43 Å². The first-order chi connectivity index (χ1) is 10.4. The van der Waals surface area contributed by atoms with Crippen LogP contribution in [0.2, 0.25) is 10.0 Å². The zero-order valence-electron chi connectivity index (χ0n) is 12.6. The Balaban J connectivity index is 2.14. The smallest absolute Gasteiger partial charge is 0.267 e. The van der Waals surface area contributed by atoms with E-state index in [0.29, 0.717) is 15.6 Å². The highest BCUT2D eigenvalue weighted by Crippen LogP contribution is 2.22. The predicted molar refractivity (Wildman–Crippen MR) is 92.1 cm³/mol. The number of halogens is 2. The van der Waals surface area contributed by atoms with Crippen LogP contribution in [-0.4, -0.2) is 11.6 Å². The Labute approximate surface area is 139 Å². The summed E-state index contributed by atoms with van der Waals surface area (Å²) in [7, 11) is 0. The lowest BCUT2D eigenvalue weighted by Gasteiger charge is -2.06. The van der Waals surface area contributed by atoms with Crippen LogP contribution in [0, 0.1) is 13.8 Å². The second-order valence-electron chi connectivity index (χ2n) is 5.07. The molecule has 2 aromatic carbocycles. The fourth-order valence-electron chi connectivity index (χ4n) is 1.87. The number of benzene rings is 2. The summed E-state index contributed by atoms with van der Waals surface area (Å²) in [4.78, 5) is 12.0. The van der Waals surface area contributed by atoms with Gasteiger partial charge in [0.15, 0.2) is 0 Å². The van der Waals surface area contributed by atoms with Gasteiger partial charge in [0.1, 0.15) is 0 Å². The number of hydrogen-bond donors (Lipinski definition) is 1. The van der Waals surface area contributed by atoms with Crippen LogP contribution in [0.25, 0.3) is 0 Å². The van der Waals surface area contributed by atoms with Gasteiger partial charge in [-0.3, -0.25) is 4.79 Å². The molecule has 1 amide bonds. The molecule has 114 valence electrons. The molecule has 0 saturated heterocycles. The highest BCUT2D eigenvalue weighted by atomic mass is 35.5. The summed E-state index contributed by atoms with van der Waals surface area (Å²) in [5.41, 5.74) is 7.04. The van der Waals surface area contributed by atoms with E-state index in [4.69, 9.17) is 23.2 Å². The van der Waals surface area contributed by atoms with Crippen molar-refractivity contribution >= 4 is 34.8 Å². The van der Waals surface area contributed by atoms with E-state index in [9.17, 15) is 4.79 Å². The molecular weight excluding hydrogens is 319 g/mol. The van der Waals surface area contributed by atoms with E-state index in [1.54, 1.807) is 12.1 Å². The van der Waals surface area contributed by atoms with Crippen molar-refractivity contribution < 1.29 is 4.79 Å². The van der Waals surface area contributed by atoms with Crippen LogP contribution in [0.15, 0.2) is 41.5 Å². The van der Waals surface area contributed by atoms with Gasteiger partial charge in [-0.2, -0.15) is 5.10 Å². The van der Waals surface area contributed by atoms with E-state index in [1.165, 1.54) is 17.2 Å². The van der Waals surface area contributed by atoms with E-state index in [-0.39, 0.29) is 5.91 Å². The van der Waals surface area contributed by atoms with E-state index >= 15 is 0 Å². The quantitative estimate of drug-likeness (QED) is 0.637. The molecule has 0 aliphatic carbocycles. The van der Waals surface area contributed by atoms with Crippen molar-refractivity contribution in [3.05, 3.63) is 68.7 Å². The summed E-state index contributed by atoms with van der Waals surface area (Å²) in [6, 6.07) is 10.7. The van der Waals surface area contributed by atoms with Crippen LogP contribution in [0.1, 0.15) is 34.0 Å². The standard InChI is InChI=1S/C17H16Cl2N2O/c1-10-4-5-13(8-11(10)2)12(3)20-21-17(22)14-6-7-15(18)16(19)9-14/h4-9H,1-3H3,(H,21,22)/b20-12+. The molecule has 0 aromatic heterocycles. The maximum Gasteiger partial charge on any atom is 0.271 e. The van der Waals surface area contributed by atoms with Gasteiger partial charge < -0.3 is 0 Å². The molecular formula is C17H16Cl2N2O. The molecule has 0 heterocycles. The highest BCUT2D eigenvalue weighted by molar-refractivity contribution is 6.42. The Morgan fingerprint density at radius 1 is 0.955 bits per heavy atom. The van der Waals surface area contributed by atoms with Gasteiger partial charge in [-0.25, -0.2) is 5.43 Å². The lowest BCUT2D eigenvalue weighted by atomic mass is 10.0. The van der Waals surface area contributed by atoms with Gasteiger partial charge in [-0.1, -0.05) is 35.3 Å². The molecule has 0 spiro atoms. The van der Waals surface area contributed by atoms with Crippen molar-refractivity contribution in [2.45, 2.75) is 20.8 Å². The third-order valence-corrected chi connectivity index (χ3v) is 4.17. The summed E-state index contributed by atoms with van der Waals surface area (Å²) in [6.07, 6.45) is 0. The van der Waals surface area contributed by atoms with Gasteiger partial charge in [0.25, 0.3) is 5.91 Å². The Morgan fingerprint density at radius 3 is 2.27 bits per heavy atom. The maximum atomic E-state index is 12.0. The summed E-state index contributed by atoms with van der Waals surface area (Å²) in [6.45, 7) is 5.94. The minimum Gasteiger partial charge on any atom is -0.267 e. The Bertz CT molecular complexity index is 754. The number of rotatable bonds is 3. The first kappa shape index (κ1) is 16.5. The molecule has 0 bridgehead atoms. The third kappa shape index (κ3) is 3.87. The molecule has 0 aliphatic rings. The minimum atomic E-state index is -0.332. The Hall–Kier alpha value is -1.84. The fraction of sp³-hybridized carbons (Fsp3) is 0.176. The van der Waals surface area contributed by atoms with Crippen LogP contribution in [0.3, 0.4) is 0 Å². The average molecular weight is 335 g/mol. The zero-order chi connectivity index (χ0) is 16.3. The van der Waals surface area contributed by atoms with Crippen LogP contribution >= 0.6 is 23.2 Å². The van der Waals surface area contributed by atoms with Gasteiger partial charge >= 0.3 is 0 Å². The fourth-order valence-corrected chi connectivity index (χ4v) is 2.17. The van der Waals surface area contributed by atoms with Crippen molar-refractivity contribution in [1.29, 1.82) is 0 Å². The van der Waals surface area contributed by atoms with Gasteiger partial charge in [0.05, 0.1) is 15.8 Å². The number of carbonyl (C=O) groups excluding carboxylic acids is 1. The number of nitrogens with zero attached hydrogens (tertiary/aromatic N) is 1. The second kappa shape index (κ2) is 6.95. The van der Waals surface area contributed by atoms with Crippen molar-refractivity contribution in [2.75, 3.05) is 0 Å². The molecule has 2 aromatic rings. The molecule has 0 fully saturated rings. The summed E-state index contributed by atoms with van der Waals surface area (Å²) in [5, 5.41) is 4.88. The lowest BCUT2D eigenvalue weighted by Crippen LogP contribution is -2.19. The zero-order valence-corrected chi connectivity index (χ0v) is 14.1. The number of nitrogens with one attached hydrogen (secondary N) is 1. The number of aryl methyl sites for hydroxylation is 2. The first-order valence-electron chi connectivity index (χ1n) is 6.76. The number of amides is 1. The van der Waals surface area contributed by atoms with Crippen LogP contribution < -0.4 is 5.43 Å². The average Bonchev–Trinajstić information content (AvgIpc) is 2.50. The van der Waals surface area contributed by atoms with Crippen molar-refractivity contribution in [3.63, 3.8) is 0 Å². The number of carbonyl (C=O) groups is 1. The SMILES string of the molecule is C/C(=N\NC(=O)c1ccc(Cl)c(Cl)c1)c1ccc(C)c(C)c1. The third-order valence-electron chi connectivity index (χ3n) is 3.43. The van der Waals surface area contributed by atoms with Crippen molar-refractivity contribution in [2.24, 2.45) is 5.10 Å². The Kier molecular flexibility index (Phi) is 5.22. The van der Waals surface area contributed by atoms with Gasteiger partial charge in [0.2, 0.25) is 0 Å². The molecule has 5 heteroatoms. The number of hydrazone groups is 1. The molecule has 0 radical (unpaired) electrons. The molecule has 1 N–H and O–H groups in total. The van der Waals surface area contributed by atoms with Crippen LogP contribution in [0.5, 0.6) is 0 Å². The Morgan fingerprint density at radius 2 is 1.64 bits per heavy atom. The van der Waals surface area contributed by atoms with Gasteiger partial charge in [0, 0.05) is 5.56 Å². The van der Waals surface area contributed by atoms with Gasteiger partial charge in [-0.15, -0.1) is 0 Å². The molecule has 2 rings (SSSR count). The normalized spacial score (nSPS) is 11.4. The molecule has 0 aliphatic heterocycles. The number of hydrogen-bond acceptors (Lipinski definition) is 2. The van der Waals surface area contributed by atoms with Crippen molar-refractivity contribution in [3.8, 4) is 0 Å². The summed E-state index contributed by atoms with van der Waals surface area (Å²) in [5.74, 6) is -0.332. The summed E-state index contributed by atoms with van der Waals surface area (Å²) < 4.78 is 0. The predicted octanol–water partition coefficient (Wildman–Crippen LogP) is 4.76. The molecule has 3 nitrogen and oxygen atoms in total. The topological polar surface area (TPSA) is 41.5 Å². The second-order valence-corrected chi connectivity index (χ2v) is 5.88. The van der Waals surface area contributed by atoms with Gasteiger partial charge in [-0.05, 0) is 61.7 Å². The molecule has 0 unspecified atom stereocenters. The highest BCUT2D eigenvalue weighted by Gasteiger charge is 2.08. The molecule has 0 saturated carbocycles. The van der Waals surface area contributed by atoms with E-state index < -0.39 is 0 Å². The van der Waals surface area contributed by atoms with E-state index in [2.05, 4.69) is 17.5 Å². The van der Waals surface area contributed by atoms with E-state index in [0.717, 1.165) is 11.3 Å². The molecule has 0 atom stereocenters. The van der Waals surface area contributed by atoms with E-state index in [1.807, 2.05) is 32.0 Å². The summed E-state index contributed by atoms with van der Waals surface area (Å²) >= 11 is 11.7. The van der Waals surface area contributed by atoms with Crippen LogP contribution in [0.4, 0.5) is 0 Å². The largest absolute Gasteiger partial charge is 0.271 e. The minimum absolute atomic E-state index is 0.332. The van der Waals surface area contributed by atoms with Crippen LogP contribution in [-0.2, 0) is 0 Å². The molecule has 22 heavy (non-hydrogen) atoms.